The molecule has 9 N–H and O–H groups in total. The summed E-state index contributed by atoms with van der Waals surface area (Å²) < 4.78 is 0. The molecule has 0 spiro atoms. The van der Waals surface area contributed by atoms with E-state index in [9.17, 15) is 24.3 Å². The lowest BCUT2D eigenvalue weighted by molar-refractivity contribution is -0.139. The van der Waals surface area contributed by atoms with Gasteiger partial charge in [0.15, 0.2) is 5.96 Å². The van der Waals surface area contributed by atoms with Crippen LogP contribution in [0.25, 0.3) is 0 Å². The van der Waals surface area contributed by atoms with E-state index < -0.39 is 48.0 Å². The number of urea groups is 1. The van der Waals surface area contributed by atoms with Gasteiger partial charge in [0.25, 0.3) is 0 Å². The minimum atomic E-state index is -1.23. The van der Waals surface area contributed by atoms with Crippen LogP contribution in [0.2, 0.25) is 0 Å². The van der Waals surface area contributed by atoms with Gasteiger partial charge in [0.1, 0.15) is 18.1 Å². The molecule has 1 heterocycles. The largest absolute Gasteiger partial charge is 0.480 e. The van der Waals surface area contributed by atoms with E-state index in [0.717, 1.165) is 5.56 Å². The van der Waals surface area contributed by atoms with Crippen molar-refractivity contribution in [2.45, 2.75) is 50.9 Å². The summed E-state index contributed by atoms with van der Waals surface area (Å²) >= 11 is 0. The van der Waals surface area contributed by atoms with Crippen molar-refractivity contribution in [2.75, 3.05) is 6.54 Å². The molecule has 0 saturated carbocycles. The predicted molar refractivity (Wildman–Crippen MR) is 121 cm³/mol. The van der Waals surface area contributed by atoms with Gasteiger partial charge in [-0.1, -0.05) is 44.2 Å². The number of hydrogen-bond donors (Lipinski definition) is 7. The number of carbonyl (C=O) groups excluding carboxylic acids is 3. The summed E-state index contributed by atoms with van der Waals surface area (Å²) in [5.41, 5.74) is 11.8. The molecule has 0 bridgehead atoms. The molecular weight excluding hydrogens is 430 g/mol. The zero-order valence-electron chi connectivity index (χ0n) is 18.6. The number of nitrogens with two attached hydrogens (primary N) is 2. The van der Waals surface area contributed by atoms with Crippen molar-refractivity contribution in [2.24, 2.45) is 22.4 Å². The summed E-state index contributed by atoms with van der Waals surface area (Å²) in [4.78, 5) is 53.1. The van der Waals surface area contributed by atoms with Gasteiger partial charge in [-0.15, -0.1) is 0 Å². The number of benzene rings is 1. The van der Waals surface area contributed by atoms with Crippen LogP contribution in [0.4, 0.5) is 4.79 Å². The van der Waals surface area contributed by atoms with Crippen molar-refractivity contribution in [1.29, 1.82) is 0 Å². The molecule has 12 heteroatoms. The predicted octanol–water partition coefficient (Wildman–Crippen LogP) is -1.35. The van der Waals surface area contributed by atoms with E-state index in [4.69, 9.17) is 11.5 Å². The zero-order chi connectivity index (χ0) is 24.5. The van der Waals surface area contributed by atoms with Crippen LogP contribution in [0.3, 0.4) is 0 Å². The molecule has 4 atom stereocenters. The third kappa shape index (κ3) is 7.66. The Labute approximate surface area is 191 Å². The summed E-state index contributed by atoms with van der Waals surface area (Å²) in [7, 11) is 0. The molecule has 4 amide bonds. The van der Waals surface area contributed by atoms with Gasteiger partial charge in [-0.2, -0.15) is 0 Å². The number of rotatable bonds is 10. The molecule has 0 aromatic heterocycles. The van der Waals surface area contributed by atoms with E-state index in [1.807, 2.05) is 0 Å². The molecule has 180 valence electrons. The van der Waals surface area contributed by atoms with E-state index in [2.05, 4.69) is 26.3 Å². The number of nitrogens with zero attached hydrogens (tertiary/aromatic N) is 1. The van der Waals surface area contributed by atoms with Gasteiger partial charge in [-0.3, -0.25) is 14.6 Å². The van der Waals surface area contributed by atoms with Crippen LogP contribution < -0.4 is 32.7 Å². The number of primary amides is 1. The van der Waals surface area contributed by atoms with Crippen molar-refractivity contribution in [3.05, 3.63) is 35.9 Å². The van der Waals surface area contributed by atoms with Crippen LogP contribution in [-0.2, 0) is 20.8 Å². The molecule has 1 aliphatic heterocycles. The van der Waals surface area contributed by atoms with Gasteiger partial charge < -0.3 is 37.8 Å². The topological polar surface area (TPSA) is 201 Å². The highest BCUT2D eigenvalue weighted by Crippen LogP contribution is 2.08. The molecule has 0 aliphatic carbocycles. The Morgan fingerprint density at radius 1 is 1.15 bits per heavy atom. The van der Waals surface area contributed by atoms with Crippen LogP contribution in [0.5, 0.6) is 0 Å². The normalized spacial score (nSPS) is 18.2. The third-order valence-corrected chi connectivity index (χ3v) is 5.18. The highest BCUT2D eigenvalue weighted by Gasteiger charge is 2.35. The first-order chi connectivity index (χ1) is 15.6. The Hall–Kier alpha value is -3.83. The summed E-state index contributed by atoms with van der Waals surface area (Å²) in [6.45, 7) is 3.76. The minimum Gasteiger partial charge on any atom is -0.480 e. The second kappa shape index (κ2) is 11.7. The molecule has 0 saturated heterocycles. The molecule has 1 aliphatic rings. The SMILES string of the molecule is CC(C)[C@H](NC(=O)C(NC(=O)N[C@@H](Cc1ccccc1)C(=O)O)C1CCN=C(N)N1)C(N)=O. The quantitative estimate of drug-likeness (QED) is 0.223. The van der Waals surface area contributed by atoms with Crippen molar-refractivity contribution in [3.63, 3.8) is 0 Å². The maximum absolute atomic E-state index is 13.0. The van der Waals surface area contributed by atoms with E-state index in [0.29, 0.717) is 13.0 Å². The summed E-state index contributed by atoms with van der Waals surface area (Å²) in [5.74, 6) is -2.78. The number of carbonyl (C=O) groups is 4. The summed E-state index contributed by atoms with van der Waals surface area (Å²) in [6, 6.07) is 3.97. The number of guanidine groups is 1. The molecular formula is C21H31N7O5. The summed E-state index contributed by atoms with van der Waals surface area (Å²) in [6.07, 6.45) is 0.424. The Morgan fingerprint density at radius 2 is 1.82 bits per heavy atom. The molecule has 2 unspecified atom stereocenters. The smallest absolute Gasteiger partial charge is 0.326 e. The van der Waals surface area contributed by atoms with Crippen LogP contribution in [-0.4, -0.2) is 65.6 Å². The minimum absolute atomic E-state index is 0.0544. The van der Waals surface area contributed by atoms with E-state index in [1.165, 1.54) is 0 Å². The van der Waals surface area contributed by atoms with Crippen LogP contribution in [0.1, 0.15) is 25.8 Å². The molecule has 1 aromatic rings. The lowest BCUT2D eigenvalue weighted by Gasteiger charge is -2.32. The molecule has 1 aromatic carbocycles. The lowest BCUT2D eigenvalue weighted by atomic mass is 9.99. The molecule has 2 rings (SSSR count). The Bertz CT molecular complexity index is 890. The summed E-state index contributed by atoms with van der Waals surface area (Å²) in [5, 5.41) is 19.8. The lowest BCUT2D eigenvalue weighted by Crippen LogP contribution is -2.64. The van der Waals surface area contributed by atoms with Gasteiger partial charge in [-0.05, 0) is 17.9 Å². The first-order valence-corrected chi connectivity index (χ1v) is 10.6. The fourth-order valence-corrected chi connectivity index (χ4v) is 3.43. The van der Waals surface area contributed by atoms with Crippen molar-refractivity contribution < 1.29 is 24.3 Å². The number of nitrogens with one attached hydrogen (secondary N) is 4. The first-order valence-electron chi connectivity index (χ1n) is 10.6. The number of aliphatic carboxylic acids is 1. The average Bonchev–Trinajstić information content (AvgIpc) is 2.75. The maximum atomic E-state index is 13.0. The fraction of sp³-hybridized carbons (Fsp3) is 0.476. The molecule has 0 fully saturated rings. The van der Waals surface area contributed by atoms with Gasteiger partial charge in [0, 0.05) is 13.0 Å². The van der Waals surface area contributed by atoms with Crippen molar-refractivity contribution in [1.82, 2.24) is 21.3 Å². The number of carboxylic acids is 1. The molecule has 0 radical (unpaired) electrons. The van der Waals surface area contributed by atoms with Gasteiger partial charge in [0.05, 0.1) is 6.04 Å². The highest BCUT2D eigenvalue weighted by atomic mass is 16.4. The fourth-order valence-electron chi connectivity index (χ4n) is 3.43. The second-order valence-electron chi connectivity index (χ2n) is 8.12. The number of amides is 4. The van der Waals surface area contributed by atoms with Crippen LogP contribution >= 0.6 is 0 Å². The Kier molecular flexibility index (Phi) is 9.01. The Balaban J connectivity index is 2.15. The van der Waals surface area contributed by atoms with Crippen LogP contribution in [0, 0.1) is 5.92 Å². The molecule has 33 heavy (non-hydrogen) atoms. The first kappa shape index (κ1) is 25.4. The van der Waals surface area contributed by atoms with Gasteiger partial charge in [-0.25, -0.2) is 9.59 Å². The van der Waals surface area contributed by atoms with Crippen molar-refractivity contribution >= 4 is 29.8 Å². The number of aliphatic imine (C=N–C) groups is 1. The standard InChI is InChI=1S/C21H31N7O5/c1-11(2)15(17(22)29)27-18(30)16(13-8-9-24-20(23)25-13)28-21(33)26-14(19(31)32)10-12-6-4-3-5-7-12/h3-7,11,13-16H,8-10H2,1-2H3,(H2,22,29)(H,27,30)(H,31,32)(H3,23,24,25)(H2,26,28,33)/t13?,14-,15-,16?/m0/s1. The van der Waals surface area contributed by atoms with Crippen molar-refractivity contribution in [3.8, 4) is 0 Å². The van der Waals surface area contributed by atoms with Gasteiger partial charge in [0.2, 0.25) is 11.8 Å². The number of hydrogen-bond acceptors (Lipinski definition) is 7. The van der Waals surface area contributed by atoms with Crippen LogP contribution in [0.15, 0.2) is 35.3 Å². The number of carboxylic acid groups (broad SMARTS) is 1. The monoisotopic (exact) mass is 461 g/mol. The average molecular weight is 462 g/mol. The zero-order valence-corrected chi connectivity index (χ0v) is 18.6. The van der Waals surface area contributed by atoms with Gasteiger partial charge >= 0.3 is 12.0 Å². The van der Waals surface area contributed by atoms with E-state index in [-0.39, 0.29) is 18.3 Å². The third-order valence-electron chi connectivity index (χ3n) is 5.18. The molecule has 12 nitrogen and oxygen atoms in total. The maximum Gasteiger partial charge on any atom is 0.326 e. The Morgan fingerprint density at radius 3 is 2.36 bits per heavy atom. The van der Waals surface area contributed by atoms with E-state index in [1.54, 1.807) is 44.2 Å². The highest BCUT2D eigenvalue weighted by molar-refractivity contribution is 5.93. The second-order valence-corrected chi connectivity index (χ2v) is 8.12. The van der Waals surface area contributed by atoms with E-state index >= 15 is 0 Å².